The predicted molar refractivity (Wildman–Crippen MR) is 69.7 cm³/mol. The normalized spacial score (nSPS) is 20.3. The molecule has 0 bridgehead atoms. The van der Waals surface area contributed by atoms with Crippen LogP contribution in [0.25, 0.3) is 0 Å². The molecule has 0 aromatic heterocycles. The molecule has 1 aliphatic rings. The molecule has 1 fully saturated rings. The number of unbranched alkanes of at least 4 members (excludes halogenated alkanes) is 4. The summed E-state index contributed by atoms with van der Waals surface area (Å²) >= 11 is 0. The van der Waals surface area contributed by atoms with Crippen molar-refractivity contribution in [3.8, 4) is 0 Å². The van der Waals surface area contributed by atoms with Crippen LogP contribution in [0.15, 0.2) is 0 Å². The predicted octanol–water partition coefficient (Wildman–Crippen LogP) is 4.14. The Bertz CT molecular complexity index is 176. The highest BCUT2D eigenvalue weighted by Crippen LogP contribution is 2.29. The zero-order valence-electron chi connectivity index (χ0n) is 11.9. The Balaban J connectivity index is 2.45. The van der Waals surface area contributed by atoms with Crippen LogP contribution in [0.4, 0.5) is 0 Å². The SMILES string of the molecule is CCCCCC1(CCCCC)OOCCCOO1. The Morgan fingerprint density at radius 3 is 1.72 bits per heavy atom. The number of hydrogen-bond donors (Lipinski definition) is 0. The molecule has 108 valence electrons. The maximum atomic E-state index is 5.52. The Kier molecular flexibility index (Phi) is 8.59. The van der Waals surface area contributed by atoms with Gasteiger partial charge in [0.2, 0.25) is 5.79 Å². The lowest BCUT2D eigenvalue weighted by Crippen LogP contribution is -2.38. The summed E-state index contributed by atoms with van der Waals surface area (Å²) in [6, 6.07) is 0. The van der Waals surface area contributed by atoms with Gasteiger partial charge in [0.05, 0.1) is 13.2 Å². The van der Waals surface area contributed by atoms with Crippen molar-refractivity contribution >= 4 is 0 Å². The standard InChI is InChI=1S/C14H28O4/c1-3-5-7-10-14(11-8-6-4-2)17-15-12-9-13-16-18-14/h3-13H2,1-2H3. The topological polar surface area (TPSA) is 36.9 Å². The lowest BCUT2D eigenvalue weighted by atomic mass is 10.0. The van der Waals surface area contributed by atoms with Crippen molar-refractivity contribution in [2.45, 2.75) is 77.4 Å². The third-order valence-electron chi connectivity index (χ3n) is 3.20. The highest BCUT2D eigenvalue weighted by Gasteiger charge is 2.35. The summed E-state index contributed by atoms with van der Waals surface area (Å²) in [7, 11) is 0. The second-order valence-corrected chi connectivity index (χ2v) is 4.99. The van der Waals surface area contributed by atoms with Crippen molar-refractivity contribution < 1.29 is 19.6 Å². The molecule has 0 amide bonds. The number of rotatable bonds is 8. The highest BCUT2D eigenvalue weighted by atomic mass is 17.3. The van der Waals surface area contributed by atoms with Crippen molar-refractivity contribution in [3.63, 3.8) is 0 Å². The van der Waals surface area contributed by atoms with Crippen LogP contribution in [0.3, 0.4) is 0 Å². The third kappa shape index (κ3) is 6.14. The van der Waals surface area contributed by atoms with Gasteiger partial charge >= 0.3 is 0 Å². The smallest absolute Gasteiger partial charge is 0.233 e. The second kappa shape index (κ2) is 9.73. The highest BCUT2D eigenvalue weighted by molar-refractivity contribution is 4.68. The lowest BCUT2D eigenvalue weighted by Gasteiger charge is -2.32. The summed E-state index contributed by atoms with van der Waals surface area (Å²) < 4.78 is 0. The largest absolute Gasteiger partial charge is 0.234 e. The zero-order valence-corrected chi connectivity index (χ0v) is 11.9. The van der Waals surface area contributed by atoms with E-state index in [1.165, 1.54) is 25.7 Å². The molecule has 0 aromatic rings. The molecule has 4 nitrogen and oxygen atoms in total. The van der Waals surface area contributed by atoms with Crippen molar-refractivity contribution in [2.24, 2.45) is 0 Å². The minimum Gasteiger partial charge on any atom is -0.234 e. The van der Waals surface area contributed by atoms with Crippen LogP contribution in [0.2, 0.25) is 0 Å². The van der Waals surface area contributed by atoms with Crippen LogP contribution in [-0.4, -0.2) is 19.0 Å². The van der Waals surface area contributed by atoms with E-state index in [2.05, 4.69) is 13.8 Å². The molecule has 1 aliphatic heterocycles. The van der Waals surface area contributed by atoms with Gasteiger partial charge in [-0.2, -0.15) is 9.78 Å². The van der Waals surface area contributed by atoms with E-state index in [4.69, 9.17) is 19.6 Å². The summed E-state index contributed by atoms with van der Waals surface area (Å²) in [6.45, 7) is 5.53. The van der Waals surface area contributed by atoms with E-state index in [0.29, 0.717) is 13.2 Å². The van der Waals surface area contributed by atoms with Crippen molar-refractivity contribution in [1.82, 2.24) is 0 Å². The molecular formula is C14H28O4. The molecule has 1 rings (SSSR count). The van der Waals surface area contributed by atoms with Crippen molar-refractivity contribution in [3.05, 3.63) is 0 Å². The van der Waals surface area contributed by atoms with Gasteiger partial charge in [0.15, 0.2) is 0 Å². The second-order valence-electron chi connectivity index (χ2n) is 4.99. The summed E-state index contributed by atoms with van der Waals surface area (Å²) in [4.78, 5) is 21.5. The molecule has 0 aromatic carbocycles. The Hall–Kier alpha value is -0.160. The van der Waals surface area contributed by atoms with Gasteiger partial charge in [-0.1, -0.05) is 39.5 Å². The first kappa shape index (κ1) is 15.9. The van der Waals surface area contributed by atoms with Crippen molar-refractivity contribution in [1.29, 1.82) is 0 Å². The van der Waals surface area contributed by atoms with Gasteiger partial charge in [-0.25, -0.2) is 9.78 Å². The number of hydrogen-bond acceptors (Lipinski definition) is 4. The molecule has 0 unspecified atom stereocenters. The Morgan fingerprint density at radius 1 is 0.778 bits per heavy atom. The van der Waals surface area contributed by atoms with Gasteiger partial charge in [-0.05, 0) is 12.8 Å². The fourth-order valence-electron chi connectivity index (χ4n) is 2.07. The van der Waals surface area contributed by atoms with Gasteiger partial charge in [0, 0.05) is 19.3 Å². The fourth-order valence-corrected chi connectivity index (χ4v) is 2.07. The molecule has 0 radical (unpaired) electrons. The molecule has 4 heteroatoms. The average molecular weight is 260 g/mol. The molecule has 0 spiro atoms. The van der Waals surface area contributed by atoms with Gasteiger partial charge in [-0.15, -0.1) is 0 Å². The van der Waals surface area contributed by atoms with Crippen LogP contribution < -0.4 is 0 Å². The molecule has 0 N–H and O–H groups in total. The maximum absolute atomic E-state index is 5.52. The van der Waals surface area contributed by atoms with E-state index >= 15 is 0 Å². The van der Waals surface area contributed by atoms with E-state index < -0.39 is 5.79 Å². The first-order chi connectivity index (χ1) is 8.83. The van der Waals surface area contributed by atoms with Crippen LogP contribution in [0, 0.1) is 0 Å². The summed E-state index contributed by atoms with van der Waals surface area (Å²) in [5.74, 6) is -0.690. The van der Waals surface area contributed by atoms with Gasteiger partial charge in [-0.3, -0.25) is 0 Å². The van der Waals surface area contributed by atoms with Crippen LogP contribution >= 0.6 is 0 Å². The van der Waals surface area contributed by atoms with E-state index in [-0.39, 0.29) is 0 Å². The molecular weight excluding hydrogens is 232 g/mol. The first-order valence-electron chi connectivity index (χ1n) is 7.44. The Labute approximate surface area is 111 Å². The zero-order chi connectivity index (χ0) is 13.1. The molecule has 1 saturated heterocycles. The van der Waals surface area contributed by atoms with Gasteiger partial charge in [0.25, 0.3) is 0 Å². The lowest BCUT2D eigenvalue weighted by molar-refractivity contribution is -0.526. The minimum atomic E-state index is -0.690. The average Bonchev–Trinajstić information content (AvgIpc) is 2.34. The van der Waals surface area contributed by atoms with Crippen LogP contribution in [-0.2, 0) is 19.6 Å². The van der Waals surface area contributed by atoms with Crippen molar-refractivity contribution in [2.75, 3.05) is 13.2 Å². The summed E-state index contributed by atoms with van der Waals surface area (Å²) in [6.07, 6.45) is 9.38. The molecule has 1 heterocycles. The van der Waals surface area contributed by atoms with Crippen LogP contribution in [0.1, 0.15) is 71.6 Å². The molecule has 0 aliphatic carbocycles. The van der Waals surface area contributed by atoms with Crippen LogP contribution in [0.5, 0.6) is 0 Å². The fraction of sp³-hybridized carbons (Fsp3) is 1.00. The maximum Gasteiger partial charge on any atom is 0.233 e. The van der Waals surface area contributed by atoms with E-state index in [9.17, 15) is 0 Å². The third-order valence-corrected chi connectivity index (χ3v) is 3.20. The molecule has 0 saturated carbocycles. The first-order valence-corrected chi connectivity index (χ1v) is 7.44. The molecule has 18 heavy (non-hydrogen) atoms. The van der Waals surface area contributed by atoms with E-state index in [1.54, 1.807) is 0 Å². The van der Waals surface area contributed by atoms with E-state index in [0.717, 1.165) is 32.1 Å². The van der Waals surface area contributed by atoms with E-state index in [1.807, 2.05) is 0 Å². The van der Waals surface area contributed by atoms with Gasteiger partial charge < -0.3 is 0 Å². The quantitative estimate of drug-likeness (QED) is 0.485. The summed E-state index contributed by atoms with van der Waals surface area (Å²) in [5, 5.41) is 0. The van der Waals surface area contributed by atoms with Gasteiger partial charge in [0.1, 0.15) is 0 Å². The monoisotopic (exact) mass is 260 g/mol. The minimum absolute atomic E-state index is 0.576. The summed E-state index contributed by atoms with van der Waals surface area (Å²) in [5.41, 5.74) is 0. The Morgan fingerprint density at radius 2 is 1.28 bits per heavy atom. The molecule has 0 atom stereocenters.